The van der Waals surface area contributed by atoms with E-state index in [-0.39, 0.29) is 6.10 Å². The summed E-state index contributed by atoms with van der Waals surface area (Å²) >= 11 is 0. The Balaban J connectivity index is 1.93. The number of rotatable bonds is 6. The molecule has 23 heavy (non-hydrogen) atoms. The van der Waals surface area contributed by atoms with Crippen molar-refractivity contribution in [2.75, 3.05) is 5.32 Å². The minimum atomic E-state index is 0.116. The lowest BCUT2D eigenvalue weighted by molar-refractivity contribution is 0.232. The average Bonchev–Trinajstić information content (AvgIpc) is 2.54. The Morgan fingerprint density at radius 2 is 2.09 bits per heavy atom. The quantitative estimate of drug-likeness (QED) is 0.634. The second-order valence-electron chi connectivity index (χ2n) is 5.55. The predicted octanol–water partition coefficient (Wildman–Crippen LogP) is 3.36. The van der Waals surface area contributed by atoms with Crippen LogP contribution < -0.4 is 15.8 Å². The fraction of sp³-hybridized carbons (Fsp3) is 0.333. The van der Waals surface area contributed by atoms with Crippen LogP contribution in [0.3, 0.4) is 0 Å². The zero-order chi connectivity index (χ0) is 16.7. The van der Waals surface area contributed by atoms with Crippen molar-refractivity contribution < 1.29 is 4.74 Å². The number of aliphatic imine (C=N–C) groups is 1. The molecule has 1 heterocycles. The number of nitrogens with two attached hydrogens (primary N) is 1. The minimum Gasteiger partial charge on any atom is -0.475 e. The fourth-order valence-corrected chi connectivity index (χ4v) is 2.05. The molecule has 1 aromatic carbocycles. The molecular weight excluding hydrogens is 288 g/mol. The number of benzene rings is 1. The highest BCUT2D eigenvalue weighted by molar-refractivity contribution is 5.92. The Morgan fingerprint density at radius 3 is 2.74 bits per heavy atom. The highest BCUT2D eigenvalue weighted by Crippen LogP contribution is 2.12. The van der Waals surface area contributed by atoms with Gasteiger partial charge < -0.3 is 15.8 Å². The largest absolute Gasteiger partial charge is 0.475 e. The van der Waals surface area contributed by atoms with Crippen LogP contribution in [0.5, 0.6) is 5.88 Å². The van der Waals surface area contributed by atoms with Crippen molar-refractivity contribution >= 4 is 11.6 Å². The number of aromatic nitrogens is 1. The summed E-state index contributed by atoms with van der Waals surface area (Å²) in [4.78, 5) is 8.59. The molecule has 0 spiro atoms. The van der Waals surface area contributed by atoms with Crippen LogP contribution >= 0.6 is 0 Å². The van der Waals surface area contributed by atoms with Crippen molar-refractivity contribution in [2.45, 2.75) is 39.8 Å². The van der Waals surface area contributed by atoms with E-state index in [4.69, 9.17) is 10.5 Å². The van der Waals surface area contributed by atoms with Crippen molar-refractivity contribution in [3.63, 3.8) is 0 Å². The van der Waals surface area contributed by atoms with Gasteiger partial charge in [-0.15, -0.1) is 0 Å². The van der Waals surface area contributed by atoms with E-state index in [2.05, 4.69) is 34.3 Å². The maximum atomic E-state index is 5.93. The lowest BCUT2D eigenvalue weighted by atomic mass is 10.1. The maximum absolute atomic E-state index is 5.93. The van der Waals surface area contributed by atoms with Gasteiger partial charge in [-0.05, 0) is 43.5 Å². The van der Waals surface area contributed by atoms with Crippen LogP contribution in [0.15, 0.2) is 47.6 Å². The summed E-state index contributed by atoms with van der Waals surface area (Å²) in [5.41, 5.74) is 9.12. The molecule has 0 saturated carbocycles. The lowest BCUT2D eigenvalue weighted by Crippen LogP contribution is -2.22. The number of nitrogens with one attached hydrogen (secondary N) is 1. The zero-order valence-corrected chi connectivity index (χ0v) is 13.9. The number of pyridine rings is 1. The molecule has 0 aliphatic rings. The van der Waals surface area contributed by atoms with Gasteiger partial charge in [-0.3, -0.25) is 0 Å². The fourth-order valence-electron chi connectivity index (χ4n) is 2.05. The molecule has 0 aliphatic heterocycles. The molecule has 122 valence electrons. The number of aryl methyl sites for hydroxylation is 1. The summed E-state index contributed by atoms with van der Waals surface area (Å²) in [5, 5.41) is 3.11. The number of anilines is 1. The first kappa shape index (κ1) is 16.8. The zero-order valence-electron chi connectivity index (χ0n) is 13.9. The molecule has 0 radical (unpaired) electrons. The van der Waals surface area contributed by atoms with Crippen LogP contribution in [-0.4, -0.2) is 17.0 Å². The summed E-state index contributed by atoms with van der Waals surface area (Å²) in [5.74, 6) is 1.01. The van der Waals surface area contributed by atoms with Gasteiger partial charge in [0.1, 0.15) is 0 Å². The van der Waals surface area contributed by atoms with E-state index in [0.29, 0.717) is 18.4 Å². The highest BCUT2D eigenvalue weighted by atomic mass is 16.5. The van der Waals surface area contributed by atoms with Gasteiger partial charge in [0.05, 0.1) is 12.6 Å². The van der Waals surface area contributed by atoms with Crippen molar-refractivity contribution in [2.24, 2.45) is 10.7 Å². The van der Waals surface area contributed by atoms with Crippen LogP contribution in [0.4, 0.5) is 5.69 Å². The first-order chi connectivity index (χ1) is 11.1. The van der Waals surface area contributed by atoms with Crippen molar-refractivity contribution in [3.05, 3.63) is 53.7 Å². The molecule has 3 N–H and O–H groups in total. The Morgan fingerprint density at radius 1 is 1.26 bits per heavy atom. The number of guanidine groups is 1. The van der Waals surface area contributed by atoms with Gasteiger partial charge in [0.2, 0.25) is 5.88 Å². The summed E-state index contributed by atoms with van der Waals surface area (Å²) in [7, 11) is 0. The molecule has 2 aromatic rings. The number of nitrogens with zero attached hydrogens (tertiary/aromatic N) is 2. The predicted molar refractivity (Wildman–Crippen MR) is 94.8 cm³/mol. The molecule has 0 atom stereocenters. The summed E-state index contributed by atoms with van der Waals surface area (Å²) in [6.07, 6.45) is 2.86. The van der Waals surface area contributed by atoms with E-state index in [1.54, 1.807) is 6.20 Å². The third-order valence-electron chi connectivity index (χ3n) is 3.19. The molecule has 0 saturated heterocycles. The molecule has 0 unspecified atom stereocenters. The van der Waals surface area contributed by atoms with Crippen LogP contribution in [0.25, 0.3) is 0 Å². The van der Waals surface area contributed by atoms with Crippen molar-refractivity contribution in [3.8, 4) is 5.88 Å². The van der Waals surface area contributed by atoms with E-state index in [0.717, 1.165) is 17.7 Å². The molecule has 0 amide bonds. The molecule has 0 aliphatic carbocycles. The number of ether oxygens (including phenoxy) is 1. The summed E-state index contributed by atoms with van der Waals surface area (Å²) < 4.78 is 5.51. The Hall–Kier alpha value is -2.56. The van der Waals surface area contributed by atoms with Crippen LogP contribution in [0, 0.1) is 0 Å². The van der Waals surface area contributed by atoms with E-state index in [1.165, 1.54) is 5.56 Å². The van der Waals surface area contributed by atoms with Gasteiger partial charge in [-0.25, -0.2) is 9.98 Å². The SMILES string of the molecule is CCc1cccc(NC(N)=NCc2ccc(OC(C)C)nc2)c1. The van der Waals surface area contributed by atoms with Gasteiger partial charge >= 0.3 is 0 Å². The summed E-state index contributed by atoms with van der Waals surface area (Å²) in [6.45, 7) is 6.54. The molecule has 1 aromatic heterocycles. The van der Waals surface area contributed by atoms with Crippen LogP contribution in [0.1, 0.15) is 31.9 Å². The highest BCUT2D eigenvalue weighted by Gasteiger charge is 2.00. The van der Waals surface area contributed by atoms with Crippen molar-refractivity contribution in [1.29, 1.82) is 0 Å². The molecule has 2 rings (SSSR count). The van der Waals surface area contributed by atoms with Crippen LogP contribution in [-0.2, 0) is 13.0 Å². The van der Waals surface area contributed by atoms with E-state index >= 15 is 0 Å². The van der Waals surface area contributed by atoms with Gasteiger partial charge in [-0.2, -0.15) is 0 Å². The third kappa shape index (κ3) is 5.62. The van der Waals surface area contributed by atoms with Gasteiger partial charge in [0.15, 0.2) is 5.96 Å². The van der Waals surface area contributed by atoms with E-state index in [9.17, 15) is 0 Å². The molecule has 5 heteroatoms. The molecular formula is C18H24N4O. The normalized spacial score (nSPS) is 11.6. The monoisotopic (exact) mass is 312 g/mol. The third-order valence-corrected chi connectivity index (χ3v) is 3.19. The Bertz CT molecular complexity index is 650. The minimum absolute atomic E-state index is 0.116. The summed E-state index contributed by atoms with van der Waals surface area (Å²) in [6, 6.07) is 11.9. The number of hydrogen-bond donors (Lipinski definition) is 2. The van der Waals surface area contributed by atoms with Crippen molar-refractivity contribution in [1.82, 2.24) is 4.98 Å². The van der Waals surface area contributed by atoms with E-state index in [1.807, 2.05) is 38.1 Å². The Labute approximate surface area is 137 Å². The van der Waals surface area contributed by atoms with E-state index < -0.39 is 0 Å². The average molecular weight is 312 g/mol. The standard InChI is InChI=1S/C18H24N4O/c1-4-14-6-5-7-16(10-14)22-18(19)21-12-15-8-9-17(20-11-15)23-13(2)3/h5-11,13H,4,12H2,1-3H3,(H3,19,21,22). The maximum Gasteiger partial charge on any atom is 0.213 e. The van der Waals surface area contributed by atoms with Gasteiger partial charge in [0, 0.05) is 18.0 Å². The van der Waals surface area contributed by atoms with Crippen LogP contribution in [0.2, 0.25) is 0 Å². The second-order valence-corrected chi connectivity index (χ2v) is 5.55. The topological polar surface area (TPSA) is 72.5 Å². The second kappa shape index (κ2) is 8.17. The van der Waals surface area contributed by atoms with Gasteiger partial charge in [0.25, 0.3) is 0 Å². The Kier molecular flexibility index (Phi) is 5.97. The first-order valence-electron chi connectivity index (χ1n) is 7.84. The molecule has 5 nitrogen and oxygen atoms in total. The lowest BCUT2D eigenvalue weighted by Gasteiger charge is -2.09. The molecule has 0 bridgehead atoms. The number of hydrogen-bond acceptors (Lipinski definition) is 3. The smallest absolute Gasteiger partial charge is 0.213 e. The first-order valence-corrected chi connectivity index (χ1v) is 7.84. The van der Waals surface area contributed by atoms with Gasteiger partial charge in [-0.1, -0.05) is 25.1 Å². The molecule has 0 fully saturated rings.